The van der Waals surface area contributed by atoms with Gasteiger partial charge < -0.3 is 16.2 Å². The highest BCUT2D eigenvalue weighted by Gasteiger charge is 2.29. The van der Waals surface area contributed by atoms with E-state index < -0.39 is 17.9 Å². The molecule has 0 heterocycles. The number of rotatable bonds is 3. The van der Waals surface area contributed by atoms with E-state index >= 15 is 0 Å². The van der Waals surface area contributed by atoms with Gasteiger partial charge in [0.1, 0.15) is 6.42 Å². The Kier molecular flexibility index (Phi) is 2.65. The summed E-state index contributed by atoms with van der Waals surface area (Å²) in [4.78, 5) is 21.2. The number of amides is 2. The standard InChI is InChI=1S/C7H12N2O3/c8-6(11)3-7(12)9-4-1-2-5(4)10/h4-5,10H,1-3H2,(H2,8,11)(H,9,12)/t4-,5-/m1/s1. The summed E-state index contributed by atoms with van der Waals surface area (Å²) >= 11 is 0. The van der Waals surface area contributed by atoms with E-state index in [0.29, 0.717) is 6.42 Å². The summed E-state index contributed by atoms with van der Waals surface area (Å²) in [6.07, 6.45) is 0.720. The zero-order valence-electron chi connectivity index (χ0n) is 6.62. The first-order chi connectivity index (χ1) is 5.59. The first kappa shape index (κ1) is 8.99. The van der Waals surface area contributed by atoms with Crippen molar-refractivity contribution in [3.8, 4) is 0 Å². The van der Waals surface area contributed by atoms with Crippen molar-refractivity contribution in [2.45, 2.75) is 31.4 Å². The van der Waals surface area contributed by atoms with E-state index in [0.717, 1.165) is 6.42 Å². The van der Waals surface area contributed by atoms with Crippen molar-refractivity contribution < 1.29 is 14.7 Å². The van der Waals surface area contributed by atoms with Crippen molar-refractivity contribution in [1.82, 2.24) is 5.32 Å². The summed E-state index contributed by atoms with van der Waals surface area (Å²) in [5.41, 5.74) is 4.80. The molecule has 0 saturated heterocycles. The molecule has 1 aliphatic rings. The van der Waals surface area contributed by atoms with Crippen molar-refractivity contribution in [1.29, 1.82) is 0 Å². The van der Waals surface area contributed by atoms with Crippen LogP contribution < -0.4 is 11.1 Å². The molecule has 68 valence electrons. The molecular formula is C7H12N2O3. The van der Waals surface area contributed by atoms with Gasteiger partial charge in [0.25, 0.3) is 0 Å². The molecule has 12 heavy (non-hydrogen) atoms. The molecule has 1 aliphatic carbocycles. The molecule has 0 unspecified atom stereocenters. The molecular weight excluding hydrogens is 160 g/mol. The summed E-state index contributed by atoms with van der Waals surface area (Å²) in [5, 5.41) is 11.6. The molecule has 0 aromatic rings. The maximum atomic E-state index is 10.9. The average molecular weight is 172 g/mol. The first-order valence-electron chi connectivity index (χ1n) is 3.85. The second-order valence-electron chi connectivity index (χ2n) is 2.96. The Balaban J connectivity index is 2.22. The van der Waals surface area contributed by atoms with E-state index in [1.165, 1.54) is 0 Å². The van der Waals surface area contributed by atoms with Gasteiger partial charge in [-0.25, -0.2) is 0 Å². The van der Waals surface area contributed by atoms with Gasteiger partial charge >= 0.3 is 0 Å². The molecule has 2 atom stereocenters. The lowest BCUT2D eigenvalue weighted by molar-refractivity contribution is -0.129. The fourth-order valence-corrected chi connectivity index (χ4v) is 1.07. The van der Waals surface area contributed by atoms with E-state index in [4.69, 9.17) is 10.8 Å². The summed E-state index contributed by atoms with van der Waals surface area (Å²) in [5.74, 6) is -1.06. The molecule has 1 fully saturated rings. The monoisotopic (exact) mass is 172 g/mol. The lowest BCUT2D eigenvalue weighted by Gasteiger charge is -2.32. The highest BCUT2D eigenvalue weighted by atomic mass is 16.3. The molecule has 5 heteroatoms. The Morgan fingerprint density at radius 1 is 1.50 bits per heavy atom. The van der Waals surface area contributed by atoms with Gasteiger partial charge in [-0.3, -0.25) is 9.59 Å². The van der Waals surface area contributed by atoms with Crippen molar-refractivity contribution in [3.05, 3.63) is 0 Å². The van der Waals surface area contributed by atoms with Gasteiger partial charge in [0, 0.05) is 0 Å². The summed E-state index contributed by atoms with van der Waals surface area (Å²) in [6, 6.07) is -0.183. The third kappa shape index (κ3) is 2.20. The maximum absolute atomic E-state index is 10.9. The quantitative estimate of drug-likeness (QED) is 0.452. The van der Waals surface area contributed by atoms with Crippen LogP contribution in [-0.4, -0.2) is 29.1 Å². The topological polar surface area (TPSA) is 92.4 Å². The van der Waals surface area contributed by atoms with Crippen molar-refractivity contribution in [2.24, 2.45) is 5.73 Å². The molecule has 0 spiro atoms. The minimum atomic E-state index is -0.652. The van der Waals surface area contributed by atoms with Crippen LogP contribution in [0.15, 0.2) is 0 Å². The third-order valence-electron chi connectivity index (χ3n) is 1.92. The predicted molar refractivity (Wildman–Crippen MR) is 41.0 cm³/mol. The highest BCUT2D eigenvalue weighted by Crippen LogP contribution is 2.19. The van der Waals surface area contributed by atoms with Crippen molar-refractivity contribution in [3.63, 3.8) is 0 Å². The summed E-state index contributed by atoms with van der Waals surface area (Å²) in [7, 11) is 0. The normalized spacial score (nSPS) is 27.4. The third-order valence-corrected chi connectivity index (χ3v) is 1.92. The zero-order valence-corrected chi connectivity index (χ0v) is 6.62. The van der Waals surface area contributed by atoms with Crippen molar-refractivity contribution >= 4 is 11.8 Å². The van der Waals surface area contributed by atoms with Crippen LogP contribution in [0, 0.1) is 0 Å². The largest absolute Gasteiger partial charge is 0.391 e. The molecule has 2 amide bonds. The van der Waals surface area contributed by atoms with Crippen LogP contribution in [0.2, 0.25) is 0 Å². The van der Waals surface area contributed by atoms with Crippen LogP contribution in [0.25, 0.3) is 0 Å². The Labute approximate surface area is 69.9 Å². The van der Waals surface area contributed by atoms with Crippen LogP contribution in [-0.2, 0) is 9.59 Å². The number of aliphatic hydroxyl groups excluding tert-OH is 1. The lowest BCUT2D eigenvalue weighted by atomic mass is 9.89. The molecule has 1 rings (SSSR count). The highest BCUT2D eigenvalue weighted by molar-refractivity contribution is 5.96. The minimum absolute atomic E-state index is 0.183. The molecule has 0 aromatic carbocycles. The second kappa shape index (κ2) is 3.53. The molecule has 4 N–H and O–H groups in total. The van der Waals surface area contributed by atoms with Gasteiger partial charge in [-0.05, 0) is 12.8 Å². The van der Waals surface area contributed by atoms with Gasteiger partial charge in [-0.15, -0.1) is 0 Å². The van der Waals surface area contributed by atoms with E-state index in [1.54, 1.807) is 0 Å². The first-order valence-corrected chi connectivity index (χ1v) is 3.85. The summed E-state index contributed by atoms with van der Waals surface area (Å²) in [6.45, 7) is 0. The molecule has 0 radical (unpaired) electrons. The van der Waals surface area contributed by atoms with E-state index in [-0.39, 0.29) is 12.5 Å². The second-order valence-corrected chi connectivity index (χ2v) is 2.96. The smallest absolute Gasteiger partial charge is 0.229 e. The van der Waals surface area contributed by atoms with E-state index in [1.807, 2.05) is 0 Å². The minimum Gasteiger partial charge on any atom is -0.391 e. The Morgan fingerprint density at radius 3 is 2.50 bits per heavy atom. The van der Waals surface area contributed by atoms with E-state index in [9.17, 15) is 9.59 Å². The number of carbonyl (C=O) groups is 2. The molecule has 5 nitrogen and oxygen atoms in total. The van der Waals surface area contributed by atoms with Crippen LogP contribution in [0.5, 0.6) is 0 Å². The fourth-order valence-electron chi connectivity index (χ4n) is 1.07. The Hall–Kier alpha value is -1.10. The van der Waals surface area contributed by atoms with Gasteiger partial charge in [0.15, 0.2) is 0 Å². The van der Waals surface area contributed by atoms with Crippen LogP contribution in [0.3, 0.4) is 0 Å². The zero-order chi connectivity index (χ0) is 9.14. The van der Waals surface area contributed by atoms with Crippen molar-refractivity contribution in [2.75, 3.05) is 0 Å². The summed E-state index contributed by atoms with van der Waals surface area (Å²) < 4.78 is 0. The van der Waals surface area contributed by atoms with Crippen LogP contribution in [0.1, 0.15) is 19.3 Å². The number of nitrogens with two attached hydrogens (primary N) is 1. The molecule has 0 aliphatic heterocycles. The molecule has 0 bridgehead atoms. The van der Waals surface area contributed by atoms with Crippen LogP contribution >= 0.6 is 0 Å². The number of primary amides is 1. The van der Waals surface area contributed by atoms with Crippen LogP contribution in [0.4, 0.5) is 0 Å². The van der Waals surface area contributed by atoms with E-state index in [2.05, 4.69) is 5.32 Å². The number of hydrogen-bond donors (Lipinski definition) is 3. The lowest BCUT2D eigenvalue weighted by Crippen LogP contribution is -2.50. The molecule has 1 saturated carbocycles. The fraction of sp³-hybridized carbons (Fsp3) is 0.714. The van der Waals surface area contributed by atoms with Gasteiger partial charge in [-0.2, -0.15) is 0 Å². The average Bonchev–Trinajstić information content (AvgIpc) is 1.96. The number of carbonyl (C=O) groups excluding carboxylic acids is 2. The number of aliphatic hydroxyl groups is 1. The SMILES string of the molecule is NC(=O)CC(=O)N[C@@H]1CC[C@H]1O. The Morgan fingerprint density at radius 2 is 2.17 bits per heavy atom. The van der Waals surface area contributed by atoms with Gasteiger partial charge in [0.2, 0.25) is 11.8 Å². The maximum Gasteiger partial charge on any atom is 0.229 e. The number of hydrogen-bond acceptors (Lipinski definition) is 3. The van der Waals surface area contributed by atoms with Gasteiger partial charge in [0.05, 0.1) is 12.1 Å². The Bertz CT molecular complexity index is 205. The predicted octanol–water partition coefficient (Wildman–Crippen LogP) is -1.50. The van der Waals surface area contributed by atoms with Gasteiger partial charge in [-0.1, -0.05) is 0 Å². The molecule has 0 aromatic heterocycles. The number of nitrogens with one attached hydrogen (secondary N) is 1.